The monoisotopic (exact) mass is 440 g/mol. The largest absolute Gasteiger partial charge is 0.377 e. The van der Waals surface area contributed by atoms with Crippen molar-refractivity contribution in [3.8, 4) is 5.69 Å². The standard InChI is InChI=1S/C30H24N4/c1-19-8-5-10-21(16-19)33-26-14-7-15-31-28(26)29-27(33)18-24-23-12-3-4-13-25(23)34(30(24)32-29)22-11-6-9-20(2)17-22/h3-18,28,31H,1-2H3. The van der Waals surface area contributed by atoms with Crippen LogP contribution < -0.4 is 10.2 Å². The van der Waals surface area contributed by atoms with Gasteiger partial charge in [-0.15, -0.1) is 0 Å². The number of benzene rings is 3. The number of rotatable bonds is 2. The fourth-order valence-electron chi connectivity index (χ4n) is 5.40. The van der Waals surface area contributed by atoms with Crippen LogP contribution in [-0.4, -0.2) is 9.55 Å². The highest BCUT2D eigenvalue weighted by molar-refractivity contribution is 6.09. The highest BCUT2D eigenvalue weighted by Crippen LogP contribution is 2.48. The molecule has 3 aromatic carbocycles. The number of para-hydroxylation sites is 1. The molecule has 164 valence electrons. The van der Waals surface area contributed by atoms with Gasteiger partial charge >= 0.3 is 0 Å². The molecule has 0 saturated heterocycles. The molecule has 4 nitrogen and oxygen atoms in total. The first-order chi connectivity index (χ1) is 16.7. The Kier molecular flexibility index (Phi) is 4.00. The van der Waals surface area contributed by atoms with Crippen molar-refractivity contribution in [1.82, 2.24) is 14.9 Å². The third-order valence-corrected chi connectivity index (χ3v) is 6.87. The molecule has 1 N–H and O–H groups in total. The van der Waals surface area contributed by atoms with Crippen molar-refractivity contribution in [2.24, 2.45) is 0 Å². The number of allylic oxidation sites excluding steroid dienone is 2. The van der Waals surface area contributed by atoms with Crippen LogP contribution in [0.25, 0.3) is 27.6 Å². The summed E-state index contributed by atoms with van der Waals surface area (Å²) in [5, 5.41) is 5.94. The van der Waals surface area contributed by atoms with E-state index in [1.807, 2.05) is 6.20 Å². The maximum absolute atomic E-state index is 5.37. The molecule has 0 aliphatic carbocycles. The number of aryl methyl sites for hydroxylation is 2. The Hall–Kier alpha value is -4.31. The molecule has 2 aliphatic rings. The number of hydrogen-bond donors (Lipinski definition) is 1. The number of aromatic nitrogens is 2. The third kappa shape index (κ3) is 2.69. The highest BCUT2D eigenvalue weighted by atomic mass is 15.2. The predicted molar refractivity (Wildman–Crippen MR) is 140 cm³/mol. The average Bonchev–Trinajstić information content (AvgIpc) is 3.35. The Morgan fingerprint density at radius 2 is 1.56 bits per heavy atom. The third-order valence-electron chi connectivity index (χ3n) is 6.87. The zero-order valence-electron chi connectivity index (χ0n) is 19.2. The summed E-state index contributed by atoms with van der Waals surface area (Å²) >= 11 is 0. The first-order valence-corrected chi connectivity index (χ1v) is 11.7. The Bertz CT molecular complexity index is 1670. The molecule has 4 heteroatoms. The minimum Gasteiger partial charge on any atom is -0.377 e. The highest BCUT2D eigenvalue weighted by Gasteiger charge is 2.37. The number of hydrogen-bond acceptors (Lipinski definition) is 3. The lowest BCUT2D eigenvalue weighted by atomic mass is 10.1. The van der Waals surface area contributed by atoms with Crippen LogP contribution in [0.1, 0.15) is 22.9 Å². The molecule has 34 heavy (non-hydrogen) atoms. The van der Waals surface area contributed by atoms with Gasteiger partial charge in [-0.3, -0.25) is 4.57 Å². The molecule has 7 rings (SSSR count). The van der Waals surface area contributed by atoms with Crippen LogP contribution >= 0.6 is 0 Å². The zero-order chi connectivity index (χ0) is 22.8. The molecular formula is C30H24N4. The molecule has 0 amide bonds. The van der Waals surface area contributed by atoms with Crippen molar-refractivity contribution in [2.45, 2.75) is 19.9 Å². The van der Waals surface area contributed by atoms with E-state index in [9.17, 15) is 0 Å². The Balaban J connectivity index is 1.56. The number of pyridine rings is 1. The predicted octanol–water partition coefficient (Wildman–Crippen LogP) is 6.99. The van der Waals surface area contributed by atoms with Crippen LogP contribution in [-0.2, 0) is 0 Å². The fraction of sp³-hybridized carbons (Fsp3) is 0.100. The molecule has 5 aromatic rings. The summed E-state index contributed by atoms with van der Waals surface area (Å²) in [6, 6.07) is 28.3. The number of fused-ring (bicyclic) bond motifs is 6. The molecule has 2 aliphatic heterocycles. The quantitative estimate of drug-likeness (QED) is 0.321. The van der Waals surface area contributed by atoms with Crippen LogP contribution in [0.15, 0.2) is 103 Å². The lowest BCUT2D eigenvalue weighted by molar-refractivity contribution is 0.704. The summed E-state index contributed by atoms with van der Waals surface area (Å²) < 4.78 is 2.30. The van der Waals surface area contributed by atoms with Gasteiger partial charge in [-0.25, -0.2) is 4.98 Å². The summed E-state index contributed by atoms with van der Waals surface area (Å²) in [6.07, 6.45) is 6.28. The first-order valence-electron chi connectivity index (χ1n) is 11.7. The van der Waals surface area contributed by atoms with Crippen LogP contribution in [0.4, 0.5) is 11.4 Å². The number of dihydropyridines is 1. The summed E-state index contributed by atoms with van der Waals surface area (Å²) in [5.74, 6) is 0. The summed E-state index contributed by atoms with van der Waals surface area (Å²) in [7, 11) is 0. The molecular weight excluding hydrogens is 416 g/mol. The van der Waals surface area contributed by atoms with E-state index < -0.39 is 0 Å². The van der Waals surface area contributed by atoms with Gasteiger partial charge in [0.15, 0.2) is 0 Å². The van der Waals surface area contributed by atoms with Gasteiger partial charge in [0.2, 0.25) is 0 Å². The normalized spacial score (nSPS) is 16.5. The Labute approximate surface area is 198 Å². The van der Waals surface area contributed by atoms with Gasteiger partial charge in [0.25, 0.3) is 0 Å². The van der Waals surface area contributed by atoms with E-state index in [0.29, 0.717) is 0 Å². The molecule has 1 unspecified atom stereocenters. The Morgan fingerprint density at radius 1 is 0.794 bits per heavy atom. The number of nitrogens with zero attached hydrogens (tertiary/aromatic N) is 3. The maximum Gasteiger partial charge on any atom is 0.146 e. The van der Waals surface area contributed by atoms with Gasteiger partial charge in [-0.1, -0.05) is 42.5 Å². The van der Waals surface area contributed by atoms with Crippen molar-refractivity contribution in [3.63, 3.8) is 0 Å². The van der Waals surface area contributed by atoms with Crippen LogP contribution in [0.2, 0.25) is 0 Å². The lowest BCUT2D eigenvalue weighted by Gasteiger charge is -2.24. The smallest absolute Gasteiger partial charge is 0.146 e. The van der Waals surface area contributed by atoms with Crippen molar-refractivity contribution in [1.29, 1.82) is 0 Å². The maximum atomic E-state index is 5.37. The summed E-state index contributed by atoms with van der Waals surface area (Å²) in [4.78, 5) is 7.72. The van der Waals surface area contributed by atoms with E-state index in [2.05, 4.69) is 120 Å². The van der Waals surface area contributed by atoms with Gasteiger partial charge in [0.1, 0.15) is 11.7 Å². The van der Waals surface area contributed by atoms with Gasteiger partial charge in [-0.05, 0) is 79.7 Å². The number of nitrogens with one attached hydrogen (secondary N) is 1. The van der Waals surface area contributed by atoms with Crippen LogP contribution in [0.5, 0.6) is 0 Å². The molecule has 0 spiro atoms. The van der Waals surface area contributed by atoms with Gasteiger partial charge in [0.05, 0.1) is 22.6 Å². The van der Waals surface area contributed by atoms with E-state index >= 15 is 0 Å². The first kappa shape index (κ1) is 19.2. The minimum atomic E-state index is 0.0221. The molecule has 1 atom stereocenters. The zero-order valence-corrected chi connectivity index (χ0v) is 19.2. The van der Waals surface area contributed by atoms with Gasteiger partial charge in [0, 0.05) is 22.1 Å². The molecule has 0 radical (unpaired) electrons. The summed E-state index contributed by atoms with van der Waals surface area (Å²) in [5.41, 5.74) is 10.3. The molecule has 0 bridgehead atoms. The second-order valence-electron chi connectivity index (χ2n) is 9.18. The van der Waals surface area contributed by atoms with E-state index in [4.69, 9.17) is 4.98 Å². The number of anilines is 2. The summed E-state index contributed by atoms with van der Waals surface area (Å²) in [6.45, 7) is 4.28. The SMILES string of the molecule is Cc1cccc(N2C3=CC=CNC3c3nc4c(cc32)c2ccccc2n4-c2cccc(C)c2)c1. The van der Waals surface area contributed by atoms with Gasteiger partial charge < -0.3 is 10.2 Å². The lowest BCUT2D eigenvalue weighted by Crippen LogP contribution is -2.22. The van der Waals surface area contributed by atoms with Crippen molar-refractivity contribution >= 4 is 33.3 Å². The molecule has 2 aromatic heterocycles. The molecule has 0 fully saturated rings. The van der Waals surface area contributed by atoms with Crippen molar-refractivity contribution < 1.29 is 0 Å². The van der Waals surface area contributed by atoms with Crippen LogP contribution in [0, 0.1) is 13.8 Å². The molecule has 0 saturated carbocycles. The van der Waals surface area contributed by atoms with E-state index in [1.54, 1.807) is 0 Å². The van der Waals surface area contributed by atoms with Gasteiger partial charge in [-0.2, -0.15) is 0 Å². The Morgan fingerprint density at radius 3 is 2.38 bits per heavy atom. The van der Waals surface area contributed by atoms with E-state index in [0.717, 1.165) is 28.4 Å². The van der Waals surface area contributed by atoms with E-state index in [-0.39, 0.29) is 6.04 Å². The second-order valence-corrected chi connectivity index (χ2v) is 9.18. The fourth-order valence-corrected chi connectivity index (χ4v) is 5.40. The van der Waals surface area contributed by atoms with Crippen LogP contribution in [0.3, 0.4) is 0 Å². The van der Waals surface area contributed by atoms with E-state index in [1.165, 1.54) is 33.1 Å². The van der Waals surface area contributed by atoms with Crippen molar-refractivity contribution in [2.75, 3.05) is 4.90 Å². The van der Waals surface area contributed by atoms with Crippen molar-refractivity contribution in [3.05, 3.63) is 120 Å². The topological polar surface area (TPSA) is 33.1 Å². The average molecular weight is 441 g/mol. The minimum absolute atomic E-state index is 0.0221. The molecule has 4 heterocycles. The second kappa shape index (κ2) is 7.09.